The summed E-state index contributed by atoms with van der Waals surface area (Å²) in [6.45, 7) is 7.72. The Balaban J connectivity index is 1.09. The van der Waals surface area contributed by atoms with Gasteiger partial charge < -0.3 is 39.5 Å². The van der Waals surface area contributed by atoms with Gasteiger partial charge in [0.1, 0.15) is 30.0 Å². The highest BCUT2D eigenvalue weighted by atomic mass is 16.5. The molecule has 2 aromatic heterocycles. The Bertz CT molecular complexity index is 2260. The molecule has 3 aliphatic rings. The Labute approximate surface area is 312 Å². The van der Waals surface area contributed by atoms with Gasteiger partial charge in [0.2, 0.25) is 5.91 Å². The molecular weight excluding hydrogens is 690 g/mol. The molecule has 5 atom stereocenters. The molecule has 0 bridgehead atoms. The number of nitrogens with zero attached hydrogens (tertiary/aromatic N) is 4. The van der Waals surface area contributed by atoms with E-state index in [9.17, 15) is 19.5 Å². The number of methoxy groups -OCH3 is 2. The van der Waals surface area contributed by atoms with Crippen LogP contribution in [0, 0.1) is 17.8 Å². The smallest absolute Gasteiger partial charge is 0.407 e. The van der Waals surface area contributed by atoms with E-state index >= 15 is 0 Å². The third-order valence-electron chi connectivity index (χ3n) is 11.1. The van der Waals surface area contributed by atoms with E-state index in [4.69, 9.17) is 19.2 Å². The van der Waals surface area contributed by atoms with E-state index < -0.39 is 18.2 Å². The zero-order valence-corrected chi connectivity index (χ0v) is 31.0. The Morgan fingerprint density at radius 3 is 2.57 bits per heavy atom. The molecule has 5 heterocycles. The Kier molecular flexibility index (Phi) is 9.16. The van der Waals surface area contributed by atoms with Crippen molar-refractivity contribution in [1.29, 1.82) is 0 Å². The number of H-pyrrole nitrogens is 2. The Morgan fingerprint density at radius 1 is 1.00 bits per heavy atom. The molecule has 8 rings (SSSR count). The summed E-state index contributed by atoms with van der Waals surface area (Å²) in [5.41, 5.74) is 6.54. The topological polar surface area (TPSA) is 175 Å². The first-order valence-electron chi connectivity index (χ1n) is 18.4. The zero-order chi connectivity index (χ0) is 37.8. The number of amides is 3. The molecule has 3 amide bonds. The van der Waals surface area contributed by atoms with E-state index in [0.29, 0.717) is 44.4 Å². The summed E-state index contributed by atoms with van der Waals surface area (Å²) >= 11 is 0. The maximum absolute atomic E-state index is 14.0. The van der Waals surface area contributed by atoms with E-state index in [-0.39, 0.29) is 35.7 Å². The minimum absolute atomic E-state index is 0.106. The van der Waals surface area contributed by atoms with Crippen LogP contribution in [0.5, 0.6) is 5.75 Å². The van der Waals surface area contributed by atoms with Gasteiger partial charge in [-0.15, -0.1) is 0 Å². The second-order valence-electron chi connectivity index (χ2n) is 15.2. The van der Waals surface area contributed by atoms with Crippen molar-refractivity contribution < 1.29 is 33.7 Å². The van der Waals surface area contributed by atoms with Crippen molar-refractivity contribution in [3.05, 3.63) is 65.9 Å². The number of nitrogens with one attached hydrogen (secondary N) is 3. The quantitative estimate of drug-likeness (QED) is 0.136. The molecule has 0 aliphatic carbocycles. The van der Waals surface area contributed by atoms with Crippen molar-refractivity contribution in [1.82, 2.24) is 35.1 Å². The predicted octanol–water partition coefficient (Wildman–Crippen LogP) is 6.64. The van der Waals surface area contributed by atoms with Crippen LogP contribution < -0.4 is 10.1 Å². The number of aromatic amines is 2. The number of carbonyl (C=O) groups excluding carboxylic acids is 2. The number of alkyl carbamates (subject to hydrolysis) is 1. The highest BCUT2D eigenvalue weighted by Crippen LogP contribution is 2.44. The Morgan fingerprint density at radius 2 is 1.81 bits per heavy atom. The number of rotatable bonds is 8. The van der Waals surface area contributed by atoms with Gasteiger partial charge in [-0.25, -0.2) is 19.6 Å². The number of benzene rings is 3. The second-order valence-corrected chi connectivity index (χ2v) is 15.2. The summed E-state index contributed by atoms with van der Waals surface area (Å²) < 4.78 is 16.7. The van der Waals surface area contributed by atoms with Crippen molar-refractivity contribution >= 4 is 39.9 Å². The fourth-order valence-electron chi connectivity index (χ4n) is 8.47. The maximum atomic E-state index is 14.0. The van der Waals surface area contributed by atoms with Crippen LogP contribution in [0.3, 0.4) is 0 Å². The number of ether oxygens (including phenoxy) is 3. The molecule has 14 heteroatoms. The van der Waals surface area contributed by atoms with Crippen LogP contribution in [0.4, 0.5) is 9.59 Å². The van der Waals surface area contributed by atoms with Crippen LogP contribution in [0.25, 0.3) is 44.2 Å². The number of hydrogen-bond donors (Lipinski definition) is 4. The molecule has 3 aromatic carbocycles. The molecule has 3 aliphatic heterocycles. The van der Waals surface area contributed by atoms with Gasteiger partial charge in [0.25, 0.3) is 0 Å². The first kappa shape index (κ1) is 35.4. The number of hydrogen-bond acceptors (Lipinski definition) is 8. The van der Waals surface area contributed by atoms with Gasteiger partial charge in [0.15, 0.2) is 0 Å². The van der Waals surface area contributed by atoms with Crippen LogP contribution in [0.2, 0.25) is 0 Å². The van der Waals surface area contributed by atoms with E-state index in [1.807, 2.05) is 24.8 Å². The summed E-state index contributed by atoms with van der Waals surface area (Å²) in [5.74, 6) is 2.15. The largest absolute Gasteiger partial charge is 0.488 e. The fourth-order valence-corrected chi connectivity index (χ4v) is 8.47. The molecule has 0 unspecified atom stereocenters. The van der Waals surface area contributed by atoms with Gasteiger partial charge in [0.05, 0.1) is 48.7 Å². The lowest BCUT2D eigenvalue weighted by molar-refractivity contribution is -0.135. The number of aromatic nitrogens is 4. The average molecular weight is 736 g/mol. The monoisotopic (exact) mass is 735 g/mol. The van der Waals surface area contributed by atoms with Crippen LogP contribution in [-0.2, 0) is 20.9 Å². The minimum Gasteiger partial charge on any atom is -0.488 e. The highest BCUT2D eigenvalue weighted by molar-refractivity contribution is 6.07. The molecule has 14 nitrogen and oxygen atoms in total. The van der Waals surface area contributed by atoms with Crippen LogP contribution in [0.1, 0.15) is 62.9 Å². The molecule has 5 aromatic rings. The third kappa shape index (κ3) is 6.27. The average Bonchev–Trinajstić information content (AvgIpc) is 3.98. The van der Waals surface area contributed by atoms with Crippen LogP contribution >= 0.6 is 0 Å². The maximum Gasteiger partial charge on any atom is 0.407 e. The number of fused-ring (bicyclic) bond motifs is 6. The molecule has 0 spiro atoms. The van der Waals surface area contributed by atoms with Crippen LogP contribution in [0.15, 0.2) is 48.7 Å². The number of carboxylic acid groups (broad SMARTS) is 1. The van der Waals surface area contributed by atoms with Crippen molar-refractivity contribution in [3.63, 3.8) is 0 Å². The van der Waals surface area contributed by atoms with Gasteiger partial charge in [-0.3, -0.25) is 9.69 Å². The summed E-state index contributed by atoms with van der Waals surface area (Å²) in [6.07, 6.45) is 1.60. The van der Waals surface area contributed by atoms with Gasteiger partial charge in [-0.2, -0.15) is 0 Å². The molecular formula is C40H45N7O7. The molecule has 0 saturated carbocycles. The van der Waals surface area contributed by atoms with E-state index in [1.165, 1.54) is 12.0 Å². The molecule has 2 saturated heterocycles. The van der Waals surface area contributed by atoms with E-state index in [0.717, 1.165) is 61.9 Å². The molecule has 54 heavy (non-hydrogen) atoms. The van der Waals surface area contributed by atoms with Crippen LogP contribution in [-0.4, -0.2) is 92.9 Å². The van der Waals surface area contributed by atoms with E-state index in [1.54, 1.807) is 13.3 Å². The normalized spacial score (nSPS) is 21.3. The van der Waals surface area contributed by atoms with Crippen molar-refractivity contribution in [3.8, 4) is 28.1 Å². The molecule has 282 valence electrons. The zero-order valence-electron chi connectivity index (χ0n) is 31.0. The molecule has 2 fully saturated rings. The number of imidazole rings is 2. The summed E-state index contributed by atoms with van der Waals surface area (Å²) in [5, 5.41) is 14.4. The summed E-state index contributed by atoms with van der Waals surface area (Å²) in [7, 11) is 2.95. The standard InChI is InChI=1S/C40H45N7O7/c1-20(2)34(45-39(49)53-5)38(48)46-17-22(18-52-4)11-32(46)37-42-29-9-7-23-13-28-26-8-6-24(12-25(26)19-54-33(28)14-27(23)35(29)44-37)30-15-41-36(43-30)31-10-21(3)16-47(31)40(50)51/h6-9,12-15,20-22,31-32,34H,10-11,16-19H2,1-5H3,(H,41,43)(H,42,44)(H,45,49)(H,50,51)/t21-,22-,31-,32-,34-/m0/s1. The van der Waals surface area contributed by atoms with Crippen molar-refractivity contribution in [2.24, 2.45) is 17.8 Å². The lowest BCUT2D eigenvalue weighted by Crippen LogP contribution is -2.51. The Hall–Kier alpha value is -5.63. The second kappa shape index (κ2) is 14.0. The summed E-state index contributed by atoms with van der Waals surface area (Å²) in [6, 6.07) is 13.1. The number of carbonyl (C=O) groups is 3. The van der Waals surface area contributed by atoms with E-state index in [2.05, 4.69) is 63.6 Å². The van der Waals surface area contributed by atoms with Gasteiger partial charge in [-0.05, 0) is 71.0 Å². The lowest BCUT2D eigenvalue weighted by Gasteiger charge is -2.30. The minimum atomic E-state index is -0.928. The SMILES string of the molecule is COC[C@H]1C[C@@H](c2nc3ccc4cc5c(cc4c3[nH]2)OCc2cc(-c3cnc([C@@H]4C[C@H](C)CN4C(=O)O)[nH]3)ccc2-5)N(C(=O)[C@@H](NC(=O)OC)C(C)C)C1. The third-order valence-corrected chi connectivity index (χ3v) is 11.1. The van der Waals surface area contributed by atoms with Gasteiger partial charge >= 0.3 is 12.2 Å². The summed E-state index contributed by atoms with van der Waals surface area (Å²) in [4.78, 5) is 57.8. The predicted molar refractivity (Wildman–Crippen MR) is 201 cm³/mol. The fraction of sp³-hybridized carbons (Fsp3) is 0.425. The van der Waals surface area contributed by atoms with Crippen molar-refractivity contribution in [2.75, 3.05) is 33.9 Å². The lowest BCUT2D eigenvalue weighted by atomic mass is 9.92. The van der Waals surface area contributed by atoms with Crippen molar-refractivity contribution in [2.45, 2.75) is 58.3 Å². The number of likely N-dealkylation sites (tertiary alicyclic amines) is 2. The van der Waals surface area contributed by atoms with Gasteiger partial charge in [0, 0.05) is 37.1 Å². The first-order chi connectivity index (χ1) is 26.0. The van der Waals surface area contributed by atoms with Gasteiger partial charge in [-0.1, -0.05) is 39.0 Å². The molecule has 0 radical (unpaired) electrons. The highest BCUT2D eigenvalue weighted by Gasteiger charge is 2.42. The first-order valence-corrected chi connectivity index (χ1v) is 18.4. The molecule has 4 N–H and O–H groups in total.